The highest BCUT2D eigenvalue weighted by Crippen LogP contribution is 2.16. The maximum Gasteiger partial charge on any atom is 0.387 e. The highest BCUT2D eigenvalue weighted by molar-refractivity contribution is 6.01. The van der Waals surface area contributed by atoms with E-state index in [1.165, 1.54) is 54.6 Å². The van der Waals surface area contributed by atoms with E-state index in [1.54, 1.807) is 6.07 Å². The summed E-state index contributed by atoms with van der Waals surface area (Å²) in [7, 11) is 0. The van der Waals surface area contributed by atoms with Crippen molar-refractivity contribution in [3.63, 3.8) is 0 Å². The van der Waals surface area contributed by atoms with E-state index in [0.29, 0.717) is 11.3 Å². The highest BCUT2D eigenvalue weighted by atomic mass is 19.3. The summed E-state index contributed by atoms with van der Waals surface area (Å²) in [5.74, 6) is -0.841. The Labute approximate surface area is 125 Å². The lowest BCUT2D eigenvalue weighted by molar-refractivity contribution is -0.111. The third-order valence-corrected chi connectivity index (χ3v) is 2.62. The van der Waals surface area contributed by atoms with Crippen molar-refractivity contribution in [3.05, 3.63) is 66.0 Å². The quantitative estimate of drug-likeness (QED) is 0.845. The van der Waals surface area contributed by atoms with Gasteiger partial charge in [-0.25, -0.2) is 4.39 Å². The number of rotatable bonds is 5. The maximum absolute atomic E-state index is 13.0. The lowest BCUT2D eigenvalue weighted by atomic mass is 10.2. The third-order valence-electron chi connectivity index (χ3n) is 2.62. The smallest absolute Gasteiger partial charge is 0.387 e. The molecule has 2 aromatic carbocycles. The average Bonchev–Trinajstić information content (AvgIpc) is 2.46. The Bertz CT molecular complexity index is 669. The van der Waals surface area contributed by atoms with Crippen molar-refractivity contribution in [2.24, 2.45) is 0 Å². The van der Waals surface area contributed by atoms with Crippen molar-refractivity contribution in [2.75, 3.05) is 5.32 Å². The van der Waals surface area contributed by atoms with Gasteiger partial charge in [0.2, 0.25) is 5.91 Å². The fourth-order valence-electron chi connectivity index (χ4n) is 1.68. The number of benzene rings is 2. The number of carbonyl (C=O) groups excluding carboxylic acids is 1. The molecule has 0 aliphatic carbocycles. The van der Waals surface area contributed by atoms with E-state index in [9.17, 15) is 18.0 Å². The maximum atomic E-state index is 13.0. The molecular formula is C16H12F3NO2. The van der Waals surface area contributed by atoms with Gasteiger partial charge in [0.25, 0.3) is 0 Å². The molecule has 2 aromatic rings. The summed E-state index contributed by atoms with van der Waals surface area (Å²) in [6, 6.07) is 11.3. The minimum atomic E-state index is -2.88. The van der Waals surface area contributed by atoms with Crippen LogP contribution in [0.25, 0.3) is 6.08 Å². The van der Waals surface area contributed by atoms with Crippen molar-refractivity contribution in [1.82, 2.24) is 0 Å². The van der Waals surface area contributed by atoms with Crippen molar-refractivity contribution in [2.45, 2.75) is 6.61 Å². The van der Waals surface area contributed by atoms with E-state index in [2.05, 4.69) is 10.1 Å². The average molecular weight is 307 g/mol. The molecule has 1 N–H and O–H groups in total. The Hall–Kier alpha value is -2.76. The first-order chi connectivity index (χ1) is 10.5. The van der Waals surface area contributed by atoms with E-state index in [0.717, 1.165) is 0 Å². The standard InChI is InChI=1S/C16H12F3NO2/c17-12-2-1-3-13(10-12)20-15(21)9-6-11-4-7-14(8-5-11)22-16(18)19/h1-10,16H,(H,20,21)/b9-6+. The number of ether oxygens (including phenoxy) is 1. The molecule has 0 bridgehead atoms. The Morgan fingerprint density at radius 2 is 1.86 bits per heavy atom. The molecule has 2 rings (SSSR count). The molecule has 0 aliphatic rings. The van der Waals surface area contributed by atoms with E-state index in [4.69, 9.17) is 0 Å². The van der Waals surface area contributed by atoms with Crippen LogP contribution in [0, 0.1) is 5.82 Å². The van der Waals surface area contributed by atoms with Crippen LogP contribution in [0.1, 0.15) is 5.56 Å². The van der Waals surface area contributed by atoms with Crippen LogP contribution in [-0.2, 0) is 4.79 Å². The largest absolute Gasteiger partial charge is 0.435 e. The van der Waals surface area contributed by atoms with Gasteiger partial charge in [-0.1, -0.05) is 18.2 Å². The van der Waals surface area contributed by atoms with Gasteiger partial charge in [0.05, 0.1) is 0 Å². The summed E-state index contributed by atoms with van der Waals surface area (Å²) in [6.07, 6.45) is 2.76. The summed E-state index contributed by atoms with van der Waals surface area (Å²) >= 11 is 0. The van der Waals surface area contributed by atoms with Crippen molar-refractivity contribution in [1.29, 1.82) is 0 Å². The zero-order valence-electron chi connectivity index (χ0n) is 11.3. The van der Waals surface area contributed by atoms with Crippen molar-refractivity contribution in [3.8, 4) is 5.75 Å². The van der Waals surface area contributed by atoms with Gasteiger partial charge in [-0.2, -0.15) is 8.78 Å². The zero-order chi connectivity index (χ0) is 15.9. The molecule has 0 saturated carbocycles. The van der Waals surface area contributed by atoms with Crippen LogP contribution in [-0.4, -0.2) is 12.5 Å². The molecule has 0 radical (unpaired) electrons. The first kappa shape index (κ1) is 15.6. The second-order valence-corrected chi connectivity index (χ2v) is 4.28. The number of hydrogen-bond acceptors (Lipinski definition) is 2. The summed E-state index contributed by atoms with van der Waals surface area (Å²) < 4.78 is 41.2. The predicted octanol–water partition coefficient (Wildman–Crippen LogP) is 4.08. The normalized spacial score (nSPS) is 10.9. The molecule has 0 atom stereocenters. The SMILES string of the molecule is O=C(/C=C/c1ccc(OC(F)F)cc1)Nc1cccc(F)c1. The van der Waals surface area contributed by atoms with Crippen LogP contribution in [0.15, 0.2) is 54.6 Å². The Kier molecular flexibility index (Phi) is 5.19. The van der Waals surface area contributed by atoms with Gasteiger partial charge in [0, 0.05) is 11.8 Å². The van der Waals surface area contributed by atoms with Crippen LogP contribution < -0.4 is 10.1 Å². The number of carbonyl (C=O) groups is 1. The predicted molar refractivity (Wildman–Crippen MR) is 77.1 cm³/mol. The molecule has 1 amide bonds. The fraction of sp³-hybridized carbons (Fsp3) is 0.0625. The van der Waals surface area contributed by atoms with Crippen LogP contribution >= 0.6 is 0 Å². The number of amides is 1. The van der Waals surface area contributed by atoms with Gasteiger partial charge in [0.1, 0.15) is 11.6 Å². The van der Waals surface area contributed by atoms with Crippen LogP contribution in [0.3, 0.4) is 0 Å². The highest BCUT2D eigenvalue weighted by Gasteiger charge is 2.03. The number of nitrogens with one attached hydrogen (secondary N) is 1. The van der Waals surface area contributed by atoms with E-state index < -0.39 is 18.3 Å². The minimum Gasteiger partial charge on any atom is -0.435 e. The molecule has 0 fully saturated rings. The summed E-state index contributed by atoms with van der Waals surface area (Å²) in [5, 5.41) is 2.50. The molecule has 0 saturated heterocycles. The van der Waals surface area contributed by atoms with Gasteiger partial charge in [-0.3, -0.25) is 4.79 Å². The molecule has 0 aromatic heterocycles. The lowest BCUT2D eigenvalue weighted by Gasteiger charge is -2.04. The van der Waals surface area contributed by atoms with Crippen LogP contribution in [0.4, 0.5) is 18.9 Å². The Morgan fingerprint density at radius 3 is 2.50 bits per heavy atom. The summed E-state index contributed by atoms with van der Waals surface area (Å²) in [5.41, 5.74) is 0.978. The zero-order valence-corrected chi connectivity index (χ0v) is 11.3. The molecule has 6 heteroatoms. The van der Waals surface area contributed by atoms with Crippen molar-refractivity contribution < 1.29 is 22.7 Å². The number of anilines is 1. The van der Waals surface area contributed by atoms with E-state index in [-0.39, 0.29) is 5.75 Å². The van der Waals surface area contributed by atoms with Gasteiger partial charge in [-0.05, 0) is 42.0 Å². The molecule has 0 unspecified atom stereocenters. The molecule has 3 nitrogen and oxygen atoms in total. The Morgan fingerprint density at radius 1 is 1.14 bits per heavy atom. The monoisotopic (exact) mass is 307 g/mol. The van der Waals surface area contributed by atoms with Crippen LogP contribution in [0.2, 0.25) is 0 Å². The molecule has 0 aliphatic heterocycles. The van der Waals surface area contributed by atoms with Gasteiger partial charge in [-0.15, -0.1) is 0 Å². The molecule has 22 heavy (non-hydrogen) atoms. The van der Waals surface area contributed by atoms with Gasteiger partial charge < -0.3 is 10.1 Å². The number of halogens is 3. The van der Waals surface area contributed by atoms with E-state index in [1.807, 2.05) is 0 Å². The molecule has 0 spiro atoms. The topological polar surface area (TPSA) is 38.3 Å². The third kappa shape index (κ3) is 4.97. The number of alkyl halides is 2. The van der Waals surface area contributed by atoms with E-state index >= 15 is 0 Å². The van der Waals surface area contributed by atoms with Crippen LogP contribution in [0.5, 0.6) is 5.75 Å². The summed E-state index contributed by atoms with van der Waals surface area (Å²) in [4.78, 5) is 11.7. The fourth-order valence-corrected chi connectivity index (χ4v) is 1.68. The lowest BCUT2D eigenvalue weighted by Crippen LogP contribution is -2.07. The molecule has 114 valence electrons. The first-order valence-corrected chi connectivity index (χ1v) is 6.32. The second-order valence-electron chi connectivity index (χ2n) is 4.28. The van der Waals surface area contributed by atoms with Crippen molar-refractivity contribution >= 4 is 17.7 Å². The summed E-state index contributed by atoms with van der Waals surface area (Å²) in [6.45, 7) is -2.88. The van der Waals surface area contributed by atoms with Gasteiger partial charge >= 0.3 is 6.61 Å². The second kappa shape index (κ2) is 7.31. The minimum absolute atomic E-state index is 0.0383. The molecular weight excluding hydrogens is 295 g/mol. The Balaban J connectivity index is 1.94. The number of hydrogen-bond donors (Lipinski definition) is 1. The first-order valence-electron chi connectivity index (χ1n) is 6.32. The van der Waals surface area contributed by atoms with Gasteiger partial charge in [0.15, 0.2) is 0 Å². The molecule has 0 heterocycles.